The van der Waals surface area contributed by atoms with E-state index in [1.165, 1.54) is 6.92 Å². The molecular weight excluding hydrogens is 246 g/mol. The van der Waals surface area contributed by atoms with Gasteiger partial charge in [-0.25, -0.2) is 5.01 Å². The van der Waals surface area contributed by atoms with Crippen molar-refractivity contribution in [3.63, 3.8) is 0 Å². The van der Waals surface area contributed by atoms with Crippen molar-refractivity contribution in [1.29, 1.82) is 0 Å². The molecule has 2 rings (SSSR count). The minimum Gasteiger partial charge on any atom is -0.497 e. The van der Waals surface area contributed by atoms with E-state index >= 15 is 0 Å². The molecule has 1 aromatic carbocycles. The SMILES string of the molecule is COc1ccc(C2=NN(C(C)=O)C(C(N)=O)C2)cc1. The van der Waals surface area contributed by atoms with Crippen molar-refractivity contribution in [2.45, 2.75) is 19.4 Å². The molecule has 100 valence electrons. The Balaban J connectivity index is 2.27. The third-order valence-electron chi connectivity index (χ3n) is 2.98. The monoisotopic (exact) mass is 261 g/mol. The van der Waals surface area contributed by atoms with Crippen LogP contribution in [0.25, 0.3) is 0 Å². The van der Waals surface area contributed by atoms with Gasteiger partial charge in [0, 0.05) is 13.3 Å². The lowest BCUT2D eigenvalue weighted by Gasteiger charge is -2.16. The van der Waals surface area contributed by atoms with Crippen molar-refractivity contribution in [2.24, 2.45) is 10.8 Å². The van der Waals surface area contributed by atoms with Gasteiger partial charge in [0.15, 0.2) is 0 Å². The number of amides is 2. The Morgan fingerprint density at radius 3 is 2.42 bits per heavy atom. The Bertz CT molecular complexity index is 537. The van der Waals surface area contributed by atoms with Gasteiger partial charge in [0.2, 0.25) is 11.8 Å². The fourth-order valence-electron chi connectivity index (χ4n) is 1.98. The molecule has 2 N–H and O–H groups in total. The minimum atomic E-state index is -0.699. The van der Waals surface area contributed by atoms with Gasteiger partial charge in [-0.15, -0.1) is 0 Å². The summed E-state index contributed by atoms with van der Waals surface area (Å²) >= 11 is 0. The highest BCUT2D eigenvalue weighted by Gasteiger charge is 2.33. The van der Waals surface area contributed by atoms with E-state index in [1.54, 1.807) is 19.2 Å². The Hall–Kier alpha value is -2.37. The minimum absolute atomic E-state index is 0.299. The summed E-state index contributed by atoms with van der Waals surface area (Å²) in [6.07, 6.45) is 0.335. The molecule has 1 aliphatic heterocycles. The fourth-order valence-corrected chi connectivity index (χ4v) is 1.98. The second-order valence-corrected chi connectivity index (χ2v) is 4.26. The first kappa shape index (κ1) is 13.1. The summed E-state index contributed by atoms with van der Waals surface area (Å²) in [5.74, 6) is -0.119. The summed E-state index contributed by atoms with van der Waals surface area (Å²) in [7, 11) is 1.59. The number of carbonyl (C=O) groups excluding carboxylic acids is 2. The number of hydrogen-bond donors (Lipinski definition) is 1. The molecule has 0 radical (unpaired) electrons. The van der Waals surface area contributed by atoms with Crippen LogP contribution in [0.15, 0.2) is 29.4 Å². The zero-order valence-corrected chi connectivity index (χ0v) is 10.8. The van der Waals surface area contributed by atoms with Gasteiger partial charge in [-0.1, -0.05) is 0 Å². The van der Waals surface area contributed by atoms with E-state index in [0.717, 1.165) is 16.3 Å². The number of ether oxygens (including phenoxy) is 1. The highest BCUT2D eigenvalue weighted by atomic mass is 16.5. The van der Waals surface area contributed by atoms with Gasteiger partial charge < -0.3 is 10.5 Å². The molecule has 6 heteroatoms. The van der Waals surface area contributed by atoms with Crippen molar-refractivity contribution in [1.82, 2.24) is 5.01 Å². The average molecular weight is 261 g/mol. The number of primary amides is 1. The van der Waals surface area contributed by atoms with Gasteiger partial charge in [-0.3, -0.25) is 9.59 Å². The molecule has 19 heavy (non-hydrogen) atoms. The smallest absolute Gasteiger partial charge is 0.242 e. The van der Waals surface area contributed by atoms with E-state index in [4.69, 9.17) is 10.5 Å². The molecule has 0 aromatic heterocycles. The normalized spacial score (nSPS) is 18.1. The lowest BCUT2D eigenvalue weighted by Crippen LogP contribution is -2.41. The first-order valence-corrected chi connectivity index (χ1v) is 5.84. The van der Waals surface area contributed by atoms with Gasteiger partial charge in [-0.2, -0.15) is 5.10 Å². The molecule has 1 atom stereocenters. The van der Waals surface area contributed by atoms with Gasteiger partial charge in [0.25, 0.3) is 0 Å². The largest absolute Gasteiger partial charge is 0.497 e. The second kappa shape index (κ2) is 5.09. The summed E-state index contributed by atoms with van der Waals surface area (Å²) in [6, 6.07) is 6.56. The molecule has 1 aliphatic rings. The molecule has 0 saturated carbocycles. The van der Waals surface area contributed by atoms with Crippen LogP contribution in [0.2, 0.25) is 0 Å². The van der Waals surface area contributed by atoms with Crippen LogP contribution in [0.4, 0.5) is 0 Å². The molecule has 1 heterocycles. The number of rotatable bonds is 3. The molecule has 6 nitrogen and oxygen atoms in total. The number of methoxy groups -OCH3 is 1. The number of nitrogens with zero attached hydrogens (tertiary/aromatic N) is 2. The summed E-state index contributed by atoms with van der Waals surface area (Å²) in [5.41, 5.74) is 6.80. The molecule has 1 unspecified atom stereocenters. The number of benzene rings is 1. The quantitative estimate of drug-likeness (QED) is 0.860. The molecule has 0 spiro atoms. The van der Waals surface area contributed by atoms with Gasteiger partial charge in [0.1, 0.15) is 11.8 Å². The van der Waals surface area contributed by atoms with Crippen LogP contribution in [-0.2, 0) is 9.59 Å². The van der Waals surface area contributed by atoms with Crippen molar-refractivity contribution in [2.75, 3.05) is 7.11 Å². The summed E-state index contributed by atoms with van der Waals surface area (Å²) in [6.45, 7) is 1.36. The Morgan fingerprint density at radius 1 is 1.37 bits per heavy atom. The molecular formula is C13H15N3O3. The van der Waals surface area contributed by atoms with E-state index in [1.807, 2.05) is 12.1 Å². The third-order valence-corrected chi connectivity index (χ3v) is 2.98. The number of nitrogens with two attached hydrogens (primary N) is 1. The lowest BCUT2D eigenvalue weighted by atomic mass is 10.0. The molecule has 1 aromatic rings. The maximum atomic E-state index is 11.4. The van der Waals surface area contributed by atoms with Crippen LogP contribution in [0.5, 0.6) is 5.75 Å². The van der Waals surface area contributed by atoms with Gasteiger partial charge in [-0.05, 0) is 29.8 Å². The zero-order valence-electron chi connectivity index (χ0n) is 10.8. The van der Waals surface area contributed by atoms with Crippen molar-refractivity contribution >= 4 is 17.5 Å². The predicted octanol–water partition coefficient (Wildman–Crippen LogP) is 0.505. The highest BCUT2D eigenvalue weighted by Crippen LogP contribution is 2.21. The van der Waals surface area contributed by atoms with Gasteiger partial charge in [0.05, 0.1) is 12.8 Å². The van der Waals surface area contributed by atoms with Gasteiger partial charge >= 0.3 is 0 Å². The van der Waals surface area contributed by atoms with E-state index in [0.29, 0.717) is 12.1 Å². The molecule has 0 aliphatic carbocycles. The third kappa shape index (κ3) is 2.57. The summed E-state index contributed by atoms with van der Waals surface area (Å²) in [4.78, 5) is 22.8. The topological polar surface area (TPSA) is 85.0 Å². The first-order chi connectivity index (χ1) is 9.02. The van der Waals surface area contributed by atoms with Crippen LogP contribution in [0.3, 0.4) is 0 Å². The van der Waals surface area contributed by atoms with Crippen LogP contribution in [-0.4, -0.2) is 35.7 Å². The van der Waals surface area contributed by atoms with Crippen molar-refractivity contribution < 1.29 is 14.3 Å². The maximum Gasteiger partial charge on any atom is 0.242 e. The standard InChI is InChI=1S/C13H15N3O3/c1-8(17)16-12(13(14)18)7-11(15-16)9-3-5-10(19-2)6-4-9/h3-6,12H,7H2,1-2H3,(H2,14,18). The van der Waals surface area contributed by atoms with Crippen molar-refractivity contribution in [3.05, 3.63) is 29.8 Å². The maximum absolute atomic E-state index is 11.4. The second-order valence-electron chi connectivity index (χ2n) is 4.26. The summed E-state index contributed by atoms with van der Waals surface area (Å²) < 4.78 is 5.07. The number of hydrazone groups is 1. The van der Waals surface area contributed by atoms with Crippen LogP contribution < -0.4 is 10.5 Å². The number of carbonyl (C=O) groups is 2. The molecule has 0 fully saturated rings. The highest BCUT2D eigenvalue weighted by molar-refractivity contribution is 6.06. The lowest BCUT2D eigenvalue weighted by molar-refractivity contribution is -0.136. The Kier molecular flexibility index (Phi) is 3.50. The average Bonchev–Trinajstić information content (AvgIpc) is 2.84. The molecule has 2 amide bonds. The van der Waals surface area contributed by atoms with E-state index < -0.39 is 11.9 Å². The molecule has 0 bridgehead atoms. The van der Waals surface area contributed by atoms with E-state index in [2.05, 4.69) is 5.10 Å². The Morgan fingerprint density at radius 2 is 2.00 bits per heavy atom. The summed E-state index contributed by atoms with van der Waals surface area (Å²) in [5, 5.41) is 5.32. The van der Waals surface area contributed by atoms with E-state index in [9.17, 15) is 9.59 Å². The van der Waals surface area contributed by atoms with Crippen LogP contribution in [0, 0.1) is 0 Å². The predicted molar refractivity (Wildman–Crippen MR) is 69.7 cm³/mol. The number of hydrogen-bond acceptors (Lipinski definition) is 4. The Labute approximate surface area is 110 Å². The fraction of sp³-hybridized carbons (Fsp3) is 0.308. The van der Waals surface area contributed by atoms with Crippen molar-refractivity contribution in [3.8, 4) is 5.75 Å². The zero-order chi connectivity index (χ0) is 14.0. The van der Waals surface area contributed by atoms with E-state index in [-0.39, 0.29) is 5.91 Å². The molecule has 0 saturated heterocycles. The van der Waals surface area contributed by atoms with Crippen LogP contribution >= 0.6 is 0 Å². The van der Waals surface area contributed by atoms with Crippen LogP contribution in [0.1, 0.15) is 18.9 Å². The first-order valence-electron chi connectivity index (χ1n) is 5.84.